The summed E-state index contributed by atoms with van der Waals surface area (Å²) in [5, 5.41) is 2.50. The molecule has 0 spiro atoms. The van der Waals surface area contributed by atoms with Gasteiger partial charge in [-0.2, -0.15) is 0 Å². The molecule has 0 saturated carbocycles. The van der Waals surface area contributed by atoms with E-state index in [0.29, 0.717) is 13.0 Å². The van der Waals surface area contributed by atoms with Gasteiger partial charge in [0.25, 0.3) is 0 Å². The van der Waals surface area contributed by atoms with Gasteiger partial charge in [0, 0.05) is 13.0 Å². The Kier molecular flexibility index (Phi) is 8.49. The first kappa shape index (κ1) is 22.7. The van der Waals surface area contributed by atoms with Gasteiger partial charge in [0.05, 0.1) is 12.7 Å². The van der Waals surface area contributed by atoms with Crippen molar-refractivity contribution in [2.45, 2.75) is 57.9 Å². The zero-order chi connectivity index (χ0) is 20.6. The fourth-order valence-electron chi connectivity index (χ4n) is 2.62. The van der Waals surface area contributed by atoms with Crippen LogP contribution >= 0.6 is 0 Å². The molecule has 0 aromatic carbocycles. The number of carbonyl (C=O) groups excluding carboxylic acids is 3. The average molecular weight is 382 g/mol. The minimum absolute atomic E-state index is 0.0568. The molecule has 1 aliphatic heterocycles. The molecule has 152 valence electrons. The van der Waals surface area contributed by atoms with Gasteiger partial charge in [0.2, 0.25) is 5.91 Å². The molecule has 0 unspecified atom stereocenters. The smallest absolute Gasteiger partial charge is 0.408 e. The van der Waals surface area contributed by atoms with Gasteiger partial charge in [-0.15, -0.1) is 6.58 Å². The number of rotatable bonds is 8. The van der Waals surface area contributed by atoms with Crippen LogP contribution in [0.1, 0.15) is 34.1 Å². The maximum Gasteiger partial charge on any atom is 0.408 e. The summed E-state index contributed by atoms with van der Waals surface area (Å²) >= 11 is 0. The van der Waals surface area contributed by atoms with Crippen molar-refractivity contribution in [2.24, 2.45) is 0 Å². The number of likely N-dealkylation sites (tertiary alicyclic amines) is 1. The van der Waals surface area contributed by atoms with Gasteiger partial charge in [-0.1, -0.05) is 18.7 Å². The van der Waals surface area contributed by atoms with E-state index in [1.807, 2.05) is 0 Å². The van der Waals surface area contributed by atoms with E-state index in [1.54, 1.807) is 26.8 Å². The molecular formula is C19H30N2O6. The molecule has 0 bridgehead atoms. The van der Waals surface area contributed by atoms with E-state index in [4.69, 9.17) is 14.2 Å². The number of alkyl carbamates (subject to hydrolysis) is 1. The highest BCUT2D eigenvalue weighted by Crippen LogP contribution is 2.23. The molecular weight excluding hydrogens is 352 g/mol. The molecule has 1 fully saturated rings. The summed E-state index contributed by atoms with van der Waals surface area (Å²) in [5.74, 6) is -0.941. The van der Waals surface area contributed by atoms with E-state index in [9.17, 15) is 14.4 Å². The van der Waals surface area contributed by atoms with Crippen molar-refractivity contribution in [3.05, 3.63) is 25.3 Å². The minimum atomic E-state index is -0.868. The molecule has 1 N–H and O–H groups in total. The summed E-state index contributed by atoms with van der Waals surface area (Å²) in [7, 11) is 0. The Hall–Kier alpha value is -2.35. The van der Waals surface area contributed by atoms with E-state index < -0.39 is 35.7 Å². The zero-order valence-electron chi connectivity index (χ0n) is 16.5. The molecule has 1 saturated heterocycles. The number of nitrogens with one attached hydrogen (secondary N) is 1. The molecule has 0 aliphatic carbocycles. The molecule has 0 aromatic rings. The van der Waals surface area contributed by atoms with Crippen molar-refractivity contribution >= 4 is 18.0 Å². The van der Waals surface area contributed by atoms with Crippen LogP contribution in [0, 0.1) is 0 Å². The van der Waals surface area contributed by atoms with Crippen LogP contribution in [0.3, 0.4) is 0 Å². The molecule has 1 aliphatic rings. The predicted octanol–water partition coefficient (Wildman–Crippen LogP) is 1.80. The van der Waals surface area contributed by atoms with Crippen LogP contribution in [-0.2, 0) is 23.8 Å². The second kappa shape index (κ2) is 10.1. The fourth-order valence-corrected chi connectivity index (χ4v) is 2.62. The molecule has 0 aromatic heterocycles. The van der Waals surface area contributed by atoms with Gasteiger partial charge < -0.3 is 24.4 Å². The second-order valence-corrected chi connectivity index (χ2v) is 7.27. The molecule has 0 radical (unpaired) electrons. The summed E-state index contributed by atoms with van der Waals surface area (Å²) in [4.78, 5) is 38.4. The van der Waals surface area contributed by atoms with E-state index in [-0.39, 0.29) is 19.3 Å². The Morgan fingerprint density at radius 3 is 2.41 bits per heavy atom. The largest absolute Gasteiger partial charge is 0.460 e. The zero-order valence-corrected chi connectivity index (χ0v) is 16.5. The first-order chi connectivity index (χ1) is 12.6. The molecule has 1 heterocycles. The van der Waals surface area contributed by atoms with E-state index in [0.717, 1.165) is 0 Å². The van der Waals surface area contributed by atoms with Gasteiger partial charge in [-0.25, -0.2) is 9.59 Å². The van der Waals surface area contributed by atoms with Gasteiger partial charge >= 0.3 is 12.1 Å². The van der Waals surface area contributed by atoms with E-state index >= 15 is 0 Å². The fraction of sp³-hybridized carbons (Fsp3) is 0.632. The van der Waals surface area contributed by atoms with Crippen molar-refractivity contribution < 1.29 is 28.6 Å². The summed E-state index contributed by atoms with van der Waals surface area (Å²) in [6.45, 7) is 14.4. The van der Waals surface area contributed by atoms with Crippen LogP contribution in [0.25, 0.3) is 0 Å². The second-order valence-electron chi connectivity index (χ2n) is 7.27. The first-order valence-electron chi connectivity index (χ1n) is 8.89. The standard InChI is InChI=1S/C19H30N2O6/c1-7-9-25-14-11-15(17(23)26-10-8-2)21(12-14)16(22)13(3)20-18(24)27-19(4,5)6/h7-8,13-15H,1-2,9-12H2,3-6H3,(H,20,24)/t13-,14+,15-/m0/s1. The molecule has 8 nitrogen and oxygen atoms in total. The van der Waals surface area contributed by atoms with Gasteiger partial charge in [0.1, 0.15) is 24.3 Å². The van der Waals surface area contributed by atoms with Crippen molar-refractivity contribution in [3.63, 3.8) is 0 Å². The molecule has 2 amide bonds. The third kappa shape index (κ3) is 7.42. The lowest BCUT2D eigenvalue weighted by molar-refractivity contribution is -0.152. The third-order valence-electron chi connectivity index (χ3n) is 3.71. The summed E-state index contributed by atoms with van der Waals surface area (Å²) in [6, 6.07) is -1.65. The number of hydrogen-bond acceptors (Lipinski definition) is 6. The van der Waals surface area contributed by atoms with Crippen LogP contribution in [0.5, 0.6) is 0 Å². The number of nitrogens with zero attached hydrogens (tertiary/aromatic N) is 1. The lowest BCUT2D eigenvalue weighted by Crippen LogP contribution is -2.51. The first-order valence-corrected chi connectivity index (χ1v) is 8.89. The highest BCUT2D eigenvalue weighted by atomic mass is 16.6. The average Bonchev–Trinajstić information content (AvgIpc) is 2.99. The Morgan fingerprint density at radius 2 is 1.85 bits per heavy atom. The quantitative estimate of drug-likeness (QED) is 0.508. The Balaban J connectivity index is 2.80. The monoisotopic (exact) mass is 382 g/mol. The normalized spacial score (nSPS) is 20.5. The summed E-state index contributed by atoms with van der Waals surface area (Å²) in [5.41, 5.74) is -0.679. The third-order valence-corrected chi connectivity index (χ3v) is 3.71. The summed E-state index contributed by atoms with van der Waals surface area (Å²) < 4.78 is 15.9. The number of amides is 2. The molecule has 8 heteroatoms. The Labute approximate surface area is 160 Å². The maximum absolute atomic E-state index is 12.8. The van der Waals surface area contributed by atoms with Crippen LogP contribution in [0.2, 0.25) is 0 Å². The van der Waals surface area contributed by atoms with Crippen LogP contribution in [-0.4, -0.2) is 66.4 Å². The number of carbonyl (C=O) groups is 3. The van der Waals surface area contributed by atoms with Crippen molar-refractivity contribution in [3.8, 4) is 0 Å². The molecule has 27 heavy (non-hydrogen) atoms. The predicted molar refractivity (Wildman–Crippen MR) is 100 cm³/mol. The molecule has 1 rings (SSSR count). The topological polar surface area (TPSA) is 94.2 Å². The van der Waals surface area contributed by atoms with Gasteiger partial charge in [-0.3, -0.25) is 4.79 Å². The Bertz CT molecular complexity index is 569. The van der Waals surface area contributed by atoms with Crippen LogP contribution in [0.4, 0.5) is 4.79 Å². The Morgan fingerprint density at radius 1 is 1.22 bits per heavy atom. The van der Waals surface area contributed by atoms with Gasteiger partial charge in [-0.05, 0) is 27.7 Å². The van der Waals surface area contributed by atoms with E-state index in [1.165, 1.54) is 17.9 Å². The highest BCUT2D eigenvalue weighted by Gasteiger charge is 2.42. The van der Waals surface area contributed by atoms with Gasteiger partial charge in [0.15, 0.2) is 0 Å². The van der Waals surface area contributed by atoms with E-state index in [2.05, 4.69) is 18.5 Å². The maximum atomic E-state index is 12.8. The lowest BCUT2D eigenvalue weighted by Gasteiger charge is -2.27. The molecule has 3 atom stereocenters. The summed E-state index contributed by atoms with van der Waals surface area (Å²) in [6.07, 6.45) is 2.35. The van der Waals surface area contributed by atoms with Crippen molar-refractivity contribution in [1.29, 1.82) is 0 Å². The van der Waals surface area contributed by atoms with Crippen molar-refractivity contribution in [2.75, 3.05) is 19.8 Å². The SMILES string of the molecule is C=CCOC(=O)[C@@H]1C[C@@H](OCC=C)CN1C(=O)[C@H](C)NC(=O)OC(C)(C)C. The lowest BCUT2D eigenvalue weighted by atomic mass is 10.2. The van der Waals surface area contributed by atoms with Crippen molar-refractivity contribution in [1.82, 2.24) is 10.2 Å². The van der Waals surface area contributed by atoms with Crippen LogP contribution < -0.4 is 5.32 Å². The highest BCUT2D eigenvalue weighted by molar-refractivity contribution is 5.90. The number of esters is 1. The minimum Gasteiger partial charge on any atom is -0.460 e. The number of ether oxygens (including phenoxy) is 3. The van der Waals surface area contributed by atoms with Crippen LogP contribution in [0.15, 0.2) is 25.3 Å². The number of hydrogen-bond donors (Lipinski definition) is 1.